The number of anilines is 1. The minimum Gasteiger partial charge on any atom is -0.497 e. The Bertz CT molecular complexity index is 970. The molecular formula is C25H32F2N2O5. The maximum Gasteiger partial charge on any atom is 0.162 e. The van der Waals surface area contributed by atoms with Crippen LogP contribution in [0.25, 0.3) is 0 Å². The van der Waals surface area contributed by atoms with E-state index in [1.165, 1.54) is 6.07 Å². The van der Waals surface area contributed by atoms with E-state index in [2.05, 4.69) is 4.90 Å². The average molecular weight is 479 g/mol. The molecule has 0 spiro atoms. The van der Waals surface area contributed by atoms with Gasteiger partial charge in [0.2, 0.25) is 0 Å². The van der Waals surface area contributed by atoms with E-state index in [0.717, 1.165) is 23.6 Å². The van der Waals surface area contributed by atoms with Gasteiger partial charge in [0.15, 0.2) is 11.6 Å². The van der Waals surface area contributed by atoms with Gasteiger partial charge >= 0.3 is 0 Å². The molecular weight excluding hydrogens is 446 g/mol. The van der Waals surface area contributed by atoms with Gasteiger partial charge in [-0.1, -0.05) is 6.07 Å². The highest BCUT2D eigenvalue weighted by molar-refractivity contribution is 5.51. The molecule has 2 heterocycles. The summed E-state index contributed by atoms with van der Waals surface area (Å²) in [6.45, 7) is 2.93. The molecule has 2 aliphatic heterocycles. The van der Waals surface area contributed by atoms with E-state index in [4.69, 9.17) is 14.2 Å². The Balaban J connectivity index is 1.33. The van der Waals surface area contributed by atoms with Crippen LogP contribution in [0.15, 0.2) is 42.5 Å². The molecule has 0 bridgehead atoms. The van der Waals surface area contributed by atoms with Crippen molar-refractivity contribution in [1.82, 2.24) is 4.90 Å². The van der Waals surface area contributed by atoms with Gasteiger partial charge < -0.3 is 29.3 Å². The van der Waals surface area contributed by atoms with E-state index in [9.17, 15) is 19.0 Å². The summed E-state index contributed by atoms with van der Waals surface area (Å²) in [5.41, 5.74) is -1.17. The Kier molecular flexibility index (Phi) is 7.57. The molecule has 186 valence electrons. The Hall–Kier alpha value is -2.46. The fourth-order valence-corrected chi connectivity index (χ4v) is 4.57. The van der Waals surface area contributed by atoms with E-state index in [-0.39, 0.29) is 25.5 Å². The average Bonchev–Trinajstić information content (AvgIpc) is 3.01. The number of benzene rings is 2. The van der Waals surface area contributed by atoms with Gasteiger partial charge in [0.25, 0.3) is 0 Å². The van der Waals surface area contributed by atoms with Gasteiger partial charge in [-0.25, -0.2) is 8.78 Å². The Morgan fingerprint density at radius 3 is 2.50 bits per heavy atom. The topological polar surface area (TPSA) is 74.6 Å². The van der Waals surface area contributed by atoms with Crippen molar-refractivity contribution in [2.45, 2.75) is 24.0 Å². The summed E-state index contributed by atoms with van der Waals surface area (Å²) in [6, 6.07) is 11.1. The number of piperidine rings is 1. The third-order valence-electron chi connectivity index (χ3n) is 6.47. The lowest BCUT2D eigenvalue weighted by molar-refractivity contribution is -0.0743. The number of hydrogen-bond acceptors (Lipinski definition) is 7. The predicted molar refractivity (Wildman–Crippen MR) is 123 cm³/mol. The standard InChI is InChI=1S/C25H32F2N2O5/c1-32-20-4-2-3-19(13-20)29-9-7-24(30,8-10-29)15-28-11-12-33-17-25(31,16-28)18-34-21-5-6-22(26)23(27)14-21/h2-6,13-14,30-31H,7-12,15-18H2,1H3/t25-/m0/s1. The zero-order valence-electron chi connectivity index (χ0n) is 19.4. The third-order valence-corrected chi connectivity index (χ3v) is 6.47. The summed E-state index contributed by atoms with van der Waals surface area (Å²) < 4.78 is 43.0. The zero-order valence-corrected chi connectivity index (χ0v) is 19.4. The molecule has 34 heavy (non-hydrogen) atoms. The molecule has 0 aliphatic carbocycles. The molecule has 2 aromatic carbocycles. The van der Waals surface area contributed by atoms with Crippen LogP contribution < -0.4 is 14.4 Å². The van der Waals surface area contributed by atoms with Crippen LogP contribution in [0.2, 0.25) is 0 Å². The molecule has 0 radical (unpaired) electrons. The molecule has 2 fully saturated rings. The molecule has 0 saturated carbocycles. The Labute approximate surface area is 198 Å². The van der Waals surface area contributed by atoms with Crippen molar-refractivity contribution in [1.29, 1.82) is 0 Å². The minimum atomic E-state index is -1.35. The van der Waals surface area contributed by atoms with Crippen LogP contribution in [-0.4, -0.2) is 86.0 Å². The number of aliphatic hydroxyl groups is 2. The van der Waals surface area contributed by atoms with Crippen LogP contribution in [0.3, 0.4) is 0 Å². The van der Waals surface area contributed by atoms with Gasteiger partial charge in [-0.2, -0.15) is 0 Å². The SMILES string of the molecule is COc1cccc(N2CCC(O)(CN3CCOC[C@](O)(COc4ccc(F)c(F)c4)C3)CC2)c1. The van der Waals surface area contributed by atoms with Crippen LogP contribution in [0.4, 0.5) is 14.5 Å². The summed E-state index contributed by atoms with van der Waals surface area (Å²) in [4.78, 5) is 4.22. The van der Waals surface area contributed by atoms with Crippen LogP contribution in [-0.2, 0) is 4.74 Å². The Morgan fingerprint density at radius 1 is 0.971 bits per heavy atom. The predicted octanol–water partition coefficient (Wildman–Crippen LogP) is 2.45. The monoisotopic (exact) mass is 478 g/mol. The summed E-state index contributed by atoms with van der Waals surface area (Å²) in [5, 5.41) is 22.4. The van der Waals surface area contributed by atoms with Gasteiger partial charge in [-0.15, -0.1) is 0 Å². The maximum absolute atomic E-state index is 13.5. The first-order valence-electron chi connectivity index (χ1n) is 11.5. The molecule has 0 aromatic heterocycles. The van der Waals surface area contributed by atoms with Gasteiger partial charge in [-0.3, -0.25) is 4.90 Å². The van der Waals surface area contributed by atoms with Crippen LogP contribution in [0, 0.1) is 11.6 Å². The van der Waals surface area contributed by atoms with E-state index in [1.807, 2.05) is 29.2 Å². The van der Waals surface area contributed by atoms with Gasteiger partial charge in [0.1, 0.15) is 23.7 Å². The molecule has 7 nitrogen and oxygen atoms in total. The molecule has 2 saturated heterocycles. The third kappa shape index (κ3) is 6.15. The van der Waals surface area contributed by atoms with E-state index in [0.29, 0.717) is 45.6 Å². The molecule has 0 unspecified atom stereocenters. The zero-order chi connectivity index (χ0) is 24.2. The number of halogens is 2. The first-order chi connectivity index (χ1) is 16.3. The number of rotatable bonds is 7. The van der Waals surface area contributed by atoms with Crippen LogP contribution >= 0.6 is 0 Å². The molecule has 4 rings (SSSR count). The summed E-state index contributed by atoms with van der Waals surface area (Å²) in [6.07, 6.45) is 1.18. The molecule has 0 amide bonds. The van der Waals surface area contributed by atoms with Crippen molar-refractivity contribution in [2.24, 2.45) is 0 Å². The summed E-state index contributed by atoms with van der Waals surface area (Å²) in [7, 11) is 1.64. The largest absolute Gasteiger partial charge is 0.497 e. The summed E-state index contributed by atoms with van der Waals surface area (Å²) >= 11 is 0. The number of hydrogen-bond donors (Lipinski definition) is 2. The highest BCUT2D eigenvalue weighted by Crippen LogP contribution is 2.30. The molecule has 1 atom stereocenters. The quantitative estimate of drug-likeness (QED) is 0.633. The molecule has 2 aliphatic rings. The van der Waals surface area contributed by atoms with Crippen LogP contribution in [0.1, 0.15) is 12.8 Å². The molecule has 2 aromatic rings. The second-order valence-corrected chi connectivity index (χ2v) is 9.27. The molecule has 2 N–H and O–H groups in total. The van der Waals surface area contributed by atoms with E-state index < -0.39 is 22.8 Å². The maximum atomic E-state index is 13.5. The van der Waals surface area contributed by atoms with Crippen molar-refractivity contribution in [2.75, 3.05) is 64.6 Å². The van der Waals surface area contributed by atoms with Crippen molar-refractivity contribution in [3.8, 4) is 11.5 Å². The minimum absolute atomic E-state index is 0.0508. The number of nitrogens with zero attached hydrogens (tertiary/aromatic N) is 2. The van der Waals surface area contributed by atoms with Gasteiger partial charge in [0, 0.05) is 50.5 Å². The van der Waals surface area contributed by atoms with Crippen molar-refractivity contribution < 1.29 is 33.2 Å². The van der Waals surface area contributed by atoms with E-state index >= 15 is 0 Å². The highest BCUT2D eigenvalue weighted by Gasteiger charge is 2.39. The van der Waals surface area contributed by atoms with E-state index in [1.54, 1.807) is 7.11 Å². The number of ether oxygens (including phenoxy) is 3. The lowest BCUT2D eigenvalue weighted by Gasteiger charge is -2.42. The van der Waals surface area contributed by atoms with Crippen molar-refractivity contribution >= 4 is 5.69 Å². The van der Waals surface area contributed by atoms with Gasteiger partial charge in [-0.05, 0) is 37.1 Å². The fraction of sp³-hybridized carbons (Fsp3) is 0.520. The smallest absolute Gasteiger partial charge is 0.162 e. The Morgan fingerprint density at radius 2 is 1.76 bits per heavy atom. The fourth-order valence-electron chi connectivity index (χ4n) is 4.57. The lowest BCUT2D eigenvalue weighted by Crippen LogP contribution is -2.55. The summed E-state index contributed by atoms with van der Waals surface area (Å²) in [5.74, 6) is -1.04. The number of β-amino-alcohol motifs (C(OH)–C–C–N with tert-alkyl or cyclic N) is 2. The van der Waals surface area contributed by atoms with Crippen molar-refractivity contribution in [3.63, 3.8) is 0 Å². The lowest BCUT2D eigenvalue weighted by atomic mass is 9.90. The second-order valence-electron chi connectivity index (χ2n) is 9.27. The van der Waals surface area contributed by atoms with Gasteiger partial charge in [0.05, 0.1) is 25.9 Å². The second kappa shape index (κ2) is 10.4. The number of methoxy groups -OCH3 is 1. The first kappa shape index (κ1) is 24.7. The highest BCUT2D eigenvalue weighted by atomic mass is 19.2. The van der Waals surface area contributed by atoms with Crippen LogP contribution in [0.5, 0.6) is 11.5 Å². The molecule has 9 heteroatoms. The van der Waals surface area contributed by atoms with Crippen molar-refractivity contribution in [3.05, 3.63) is 54.1 Å². The normalized spacial score (nSPS) is 23.4. The first-order valence-corrected chi connectivity index (χ1v) is 11.5.